The van der Waals surface area contributed by atoms with Gasteiger partial charge in [0.25, 0.3) is 0 Å². The fraction of sp³-hybridized carbons (Fsp3) is 0.250. The molecule has 18 heavy (non-hydrogen) atoms. The Bertz CT molecular complexity index is 514. The molecule has 1 heterocycles. The van der Waals surface area contributed by atoms with Crippen molar-refractivity contribution in [2.24, 2.45) is 0 Å². The number of nitrogens with zero attached hydrogens (tertiary/aromatic N) is 1. The van der Waals surface area contributed by atoms with Gasteiger partial charge in [0.1, 0.15) is 6.04 Å². The van der Waals surface area contributed by atoms with Crippen LogP contribution in [0.4, 0.5) is 0 Å². The molecular formula is C12H12N2O3S. The predicted molar refractivity (Wildman–Crippen MR) is 68.9 cm³/mol. The number of carbonyl (C=O) groups excluding carboxylic acids is 1. The van der Waals surface area contributed by atoms with E-state index in [0.717, 1.165) is 5.01 Å². The van der Waals surface area contributed by atoms with E-state index in [1.54, 1.807) is 5.38 Å². The van der Waals surface area contributed by atoms with E-state index in [1.165, 1.54) is 23.5 Å². The molecule has 0 aromatic carbocycles. The van der Waals surface area contributed by atoms with Crippen LogP contribution in [0, 0.1) is 19.3 Å². The predicted octanol–water partition coefficient (Wildman–Crippen LogP) is 1.06. The van der Waals surface area contributed by atoms with E-state index < -0.39 is 17.9 Å². The summed E-state index contributed by atoms with van der Waals surface area (Å²) in [6.07, 6.45) is 7.73. The smallest absolute Gasteiger partial charge is 0.327 e. The molecule has 1 aromatic rings. The highest BCUT2D eigenvalue weighted by Gasteiger charge is 2.17. The third-order valence-electron chi connectivity index (χ3n) is 1.98. The summed E-state index contributed by atoms with van der Waals surface area (Å²) < 4.78 is 0. The number of nitrogens with one attached hydrogen (secondary N) is 1. The van der Waals surface area contributed by atoms with Crippen LogP contribution in [0.25, 0.3) is 6.08 Å². The average molecular weight is 264 g/mol. The largest absolute Gasteiger partial charge is 0.480 e. The van der Waals surface area contributed by atoms with E-state index in [9.17, 15) is 9.59 Å². The normalized spacial score (nSPS) is 12.0. The molecule has 1 amide bonds. The van der Waals surface area contributed by atoms with Crippen LogP contribution in [0.1, 0.15) is 17.1 Å². The highest BCUT2D eigenvalue weighted by Crippen LogP contribution is 2.08. The first-order valence-corrected chi connectivity index (χ1v) is 5.98. The second kappa shape index (κ2) is 6.57. The number of carbonyl (C=O) groups is 2. The lowest BCUT2D eigenvalue weighted by Gasteiger charge is -2.09. The first-order valence-electron chi connectivity index (χ1n) is 5.10. The summed E-state index contributed by atoms with van der Waals surface area (Å²) in [4.78, 5) is 26.4. The number of aryl methyl sites for hydroxylation is 1. The molecule has 0 aliphatic heterocycles. The van der Waals surface area contributed by atoms with Crippen LogP contribution >= 0.6 is 11.3 Å². The van der Waals surface area contributed by atoms with Gasteiger partial charge in [-0.2, -0.15) is 0 Å². The van der Waals surface area contributed by atoms with Crippen LogP contribution in [-0.4, -0.2) is 28.0 Å². The Morgan fingerprint density at radius 3 is 2.94 bits per heavy atom. The van der Waals surface area contributed by atoms with Crippen LogP contribution in [0.5, 0.6) is 0 Å². The van der Waals surface area contributed by atoms with Gasteiger partial charge in [0.2, 0.25) is 5.91 Å². The molecule has 0 saturated carbocycles. The molecule has 0 saturated heterocycles. The van der Waals surface area contributed by atoms with E-state index >= 15 is 0 Å². The topological polar surface area (TPSA) is 79.3 Å². The van der Waals surface area contributed by atoms with Crippen molar-refractivity contribution in [3.63, 3.8) is 0 Å². The van der Waals surface area contributed by atoms with E-state index in [0.29, 0.717) is 5.69 Å². The van der Waals surface area contributed by atoms with Crippen molar-refractivity contribution in [2.45, 2.75) is 19.4 Å². The zero-order valence-corrected chi connectivity index (χ0v) is 10.5. The first-order chi connectivity index (χ1) is 8.52. The molecular weight excluding hydrogens is 252 g/mol. The van der Waals surface area contributed by atoms with Crippen LogP contribution in [0.15, 0.2) is 11.5 Å². The number of thiazole rings is 1. The summed E-state index contributed by atoms with van der Waals surface area (Å²) in [5.41, 5.74) is 0.663. The van der Waals surface area contributed by atoms with Gasteiger partial charge in [0.05, 0.1) is 10.7 Å². The second-order valence-electron chi connectivity index (χ2n) is 3.43. The molecule has 2 N–H and O–H groups in total. The second-order valence-corrected chi connectivity index (χ2v) is 4.49. The summed E-state index contributed by atoms with van der Waals surface area (Å²) in [6.45, 7) is 1.86. The zero-order valence-electron chi connectivity index (χ0n) is 9.71. The maximum Gasteiger partial charge on any atom is 0.327 e. The minimum absolute atomic E-state index is 0.0509. The highest BCUT2D eigenvalue weighted by molar-refractivity contribution is 7.09. The molecule has 1 atom stereocenters. The van der Waals surface area contributed by atoms with Crippen molar-refractivity contribution >= 4 is 29.3 Å². The molecule has 0 radical (unpaired) electrons. The Labute approximate surface area is 109 Å². The average Bonchev–Trinajstić information content (AvgIpc) is 2.72. The summed E-state index contributed by atoms with van der Waals surface area (Å²) in [7, 11) is 0. The standard InChI is InChI=1S/C12H12N2O3S/c1-3-4-10(12(16)17)14-11(15)6-5-9-7-18-8(2)13-9/h1,5-7,10H,4H2,2H3,(H,14,15)(H,16,17)/b6-5+. The van der Waals surface area contributed by atoms with Crippen molar-refractivity contribution in [1.29, 1.82) is 0 Å². The number of hydrogen-bond acceptors (Lipinski definition) is 4. The van der Waals surface area contributed by atoms with Gasteiger partial charge in [-0.25, -0.2) is 9.78 Å². The molecule has 94 valence electrons. The number of terminal acetylenes is 1. The highest BCUT2D eigenvalue weighted by atomic mass is 32.1. The molecule has 1 unspecified atom stereocenters. The van der Waals surface area contributed by atoms with Crippen molar-refractivity contribution in [2.75, 3.05) is 0 Å². The van der Waals surface area contributed by atoms with Crippen molar-refractivity contribution in [1.82, 2.24) is 10.3 Å². The molecule has 6 heteroatoms. The summed E-state index contributed by atoms with van der Waals surface area (Å²) >= 11 is 1.47. The Kier molecular flexibility index (Phi) is 5.08. The number of hydrogen-bond donors (Lipinski definition) is 2. The lowest BCUT2D eigenvalue weighted by atomic mass is 10.2. The van der Waals surface area contributed by atoms with E-state index in [4.69, 9.17) is 11.5 Å². The van der Waals surface area contributed by atoms with E-state index in [-0.39, 0.29) is 6.42 Å². The fourth-order valence-electron chi connectivity index (χ4n) is 1.16. The minimum Gasteiger partial charge on any atom is -0.480 e. The molecule has 1 aromatic heterocycles. The number of aromatic nitrogens is 1. The van der Waals surface area contributed by atoms with Gasteiger partial charge in [-0.05, 0) is 13.0 Å². The number of carboxylic acids is 1. The van der Waals surface area contributed by atoms with Gasteiger partial charge in [-0.1, -0.05) is 0 Å². The van der Waals surface area contributed by atoms with Crippen molar-refractivity contribution in [3.05, 3.63) is 22.2 Å². The van der Waals surface area contributed by atoms with Gasteiger partial charge in [0, 0.05) is 17.9 Å². The maximum atomic E-state index is 11.5. The van der Waals surface area contributed by atoms with E-state index in [2.05, 4.69) is 16.2 Å². The monoisotopic (exact) mass is 264 g/mol. The lowest BCUT2D eigenvalue weighted by molar-refractivity contribution is -0.141. The minimum atomic E-state index is -1.15. The number of rotatable bonds is 5. The van der Waals surface area contributed by atoms with Crippen LogP contribution in [-0.2, 0) is 9.59 Å². The molecule has 0 aliphatic rings. The number of amides is 1. The van der Waals surface area contributed by atoms with Crippen molar-refractivity contribution < 1.29 is 14.7 Å². The Morgan fingerprint density at radius 2 is 2.44 bits per heavy atom. The van der Waals surface area contributed by atoms with Crippen LogP contribution < -0.4 is 5.32 Å². The molecule has 0 spiro atoms. The molecule has 1 rings (SSSR count). The van der Waals surface area contributed by atoms with Crippen LogP contribution in [0.3, 0.4) is 0 Å². The van der Waals surface area contributed by atoms with Crippen molar-refractivity contribution in [3.8, 4) is 12.3 Å². The zero-order chi connectivity index (χ0) is 13.5. The van der Waals surface area contributed by atoms with Gasteiger partial charge in [-0.3, -0.25) is 4.79 Å². The first kappa shape index (κ1) is 13.9. The maximum absolute atomic E-state index is 11.5. The third kappa shape index (κ3) is 4.39. The molecule has 5 nitrogen and oxygen atoms in total. The fourth-order valence-corrected chi connectivity index (χ4v) is 1.74. The molecule has 0 fully saturated rings. The number of aliphatic carboxylic acids is 1. The van der Waals surface area contributed by atoms with Gasteiger partial charge in [0.15, 0.2) is 0 Å². The van der Waals surface area contributed by atoms with Gasteiger partial charge >= 0.3 is 5.97 Å². The third-order valence-corrected chi connectivity index (χ3v) is 2.77. The lowest BCUT2D eigenvalue weighted by Crippen LogP contribution is -2.39. The SMILES string of the molecule is C#CCC(NC(=O)/C=C/c1csc(C)n1)C(=O)O. The quantitative estimate of drug-likeness (QED) is 0.615. The summed E-state index contributed by atoms with van der Waals surface area (Å²) in [5, 5.41) is 13.8. The molecule has 0 bridgehead atoms. The summed E-state index contributed by atoms with van der Waals surface area (Å²) in [6, 6.07) is -1.07. The van der Waals surface area contributed by atoms with Gasteiger partial charge < -0.3 is 10.4 Å². The Balaban J connectivity index is 2.58. The Hall–Kier alpha value is -2.13. The van der Waals surface area contributed by atoms with E-state index in [1.807, 2.05) is 6.92 Å². The summed E-state index contributed by atoms with van der Waals surface area (Å²) in [5.74, 6) is 0.537. The molecule has 0 aliphatic carbocycles. The van der Waals surface area contributed by atoms with Crippen LogP contribution in [0.2, 0.25) is 0 Å². The number of carboxylic acid groups (broad SMARTS) is 1. The van der Waals surface area contributed by atoms with Gasteiger partial charge in [-0.15, -0.1) is 23.7 Å². The Morgan fingerprint density at radius 1 is 1.72 bits per heavy atom.